The van der Waals surface area contributed by atoms with Crippen LogP contribution in [0.1, 0.15) is 55.5 Å². The Hall–Kier alpha value is -1.52. The first-order chi connectivity index (χ1) is 9.88. The van der Waals surface area contributed by atoms with Crippen LogP contribution in [0.2, 0.25) is 0 Å². The Morgan fingerprint density at radius 3 is 2.29 bits per heavy atom. The lowest BCUT2D eigenvalue weighted by Gasteiger charge is -2.14. The van der Waals surface area contributed by atoms with E-state index in [1.807, 2.05) is 6.92 Å². The number of carbonyl (C=O) groups is 1. The van der Waals surface area contributed by atoms with Crippen molar-refractivity contribution in [3.05, 3.63) is 35.4 Å². The van der Waals surface area contributed by atoms with Crippen molar-refractivity contribution < 1.29 is 22.7 Å². The molecule has 1 aromatic carbocycles. The van der Waals surface area contributed by atoms with Gasteiger partial charge in [-0.15, -0.1) is 0 Å². The summed E-state index contributed by atoms with van der Waals surface area (Å²) in [4.78, 5) is 11.8. The molecule has 0 aliphatic carbocycles. The first-order valence-corrected chi connectivity index (χ1v) is 7.22. The molecule has 5 heteroatoms. The van der Waals surface area contributed by atoms with Crippen LogP contribution in [0.3, 0.4) is 0 Å². The highest BCUT2D eigenvalue weighted by atomic mass is 19.4. The standard InChI is InChI=1S/C16H21F3O2/c1-3-5-6-12(4-2)11-21-15(20)13-7-9-14(10-8-13)16(17,18)19/h7-10,12H,3-6,11H2,1-2H3. The lowest BCUT2D eigenvalue weighted by Crippen LogP contribution is -2.14. The normalized spacial score (nSPS) is 13.0. The summed E-state index contributed by atoms with van der Waals surface area (Å²) in [5, 5.41) is 0. The molecule has 0 aromatic heterocycles. The lowest BCUT2D eigenvalue weighted by molar-refractivity contribution is -0.137. The second kappa shape index (κ2) is 8.05. The summed E-state index contributed by atoms with van der Waals surface area (Å²) < 4.78 is 42.5. The van der Waals surface area contributed by atoms with Crippen molar-refractivity contribution in [2.24, 2.45) is 5.92 Å². The number of rotatable bonds is 7. The number of halogens is 3. The van der Waals surface area contributed by atoms with Crippen molar-refractivity contribution in [2.75, 3.05) is 6.61 Å². The number of benzene rings is 1. The monoisotopic (exact) mass is 302 g/mol. The van der Waals surface area contributed by atoms with Crippen LogP contribution < -0.4 is 0 Å². The van der Waals surface area contributed by atoms with E-state index >= 15 is 0 Å². The van der Waals surface area contributed by atoms with E-state index in [2.05, 4.69) is 6.92 Å². The van der Waals surface area contributed by atoms with Crippen molar-refractivity contribution in [3.63, 3.8) is 0 Å². The SMILES string of the molecule is CCCCC(CC)COC(=O)c1ccc(C(F)(F)F)cc1. The van der Waals surface area contributed by atoms with Crippen molar-refractivity contribution in [1.29, 1.82) is 0 Å². The maximum Gasteiger partial charge on any atom is 0.416 e. The highest BCUT2D eigenvalue weighted by Gasteiger charge is 2.30. The topological polar surface area (TPSA) is 26.3 Å². The van der Waals surface area contributed by atoms with Gasteiger partial charge in [0, 0.05) is 0 Å². The van der Waals surface area contributed by atoms with Gasteiger partial charge in [0.2, 0.25) is 0 Å². The Morgan fingerprint density at radius 2 is 1.81 bits per heavy atom. The van der Waals surface area contributed by atoms with E-state index in [-0.39, 0.29) is 5.56 Å². The van der Waals surface area contributed by atoms with Crippen molar-refractivity contribution in [2.45, 2.75) is 45.7 Å². The van der Waals surface area contributed by atoms with Crippen LogP contribution >= 0.6 is 0 Å². The average molecular weight is 302 g/mol. The Kier molecular flexibility index (Phi) is 6.72. The minimum Gasteiger partial charge on any atom is -0.462 e. The van der Waals surface area contributed by atoms with Gasteiger partial charge in [0.25, 0.3) is 0 Å². The molecule has 0 bridgehead atoms. The molecule has 0 fully saturated rings. The summed E-state index contributed by atoms with van der Waals surface area (Å²) in [6.07, 6.45) is -0.316. The number of ether oxygens (including phenoxy) is 1. The molecule has 0 heterocycles. The summed E-state index contributed by atoms with van der Waals surface area (Å²) in [6.45, 7) is 4.45. The largest absolute Gasteiger partial charge is 0.462 e. The summed E-state index contributed by atoms with van der Waals surface area (Å²) in [6, 6.07) is 4.09. The number of carbonyl (C=O) groups excluding carboxylic acids is 1. The van der Waals surface area contributed by atoms with Crippen LogP contribution in [0, 0.1) is 5.92 Å². The van der Waals surface area contributed by atoms with Crippen LogP contribution in [0.15, 0.2) is 24.3 Å². The fourth-order valence-corrected chi connectivity index (χ4v) is 1.97. The zero-order chi connectivity index (χ0) is 15.9. The van der Waals surface area contributed by atoms with Crippen molar-refractivity contribution >= 4 is 5.97 Å². The van der Waals surface area contributed by atoms with Gasteiger partial charge in [-0.25, -0.2) is 4.79 Å². The van der Waals surface area contributed by atoms with Gasteiger partial charge in [0.15, 0.2) is 0 Å². The van der Waals surface area contributed by atoms with E-state index in [1.165, 1.54) is 0 Å². The van der Waals surface area contributed by atoms with E-state index in [4.69, 9.17) is 4.74 Å². The molecule has 1 unspecified atom stereocenters. The Bertz CT molecular complexity index is 438. The molecule has 0 aliphatic rings. The predicted molar refractivity (Wildman–Crippen MR) is 75.0 cm³/mol. The Balaban J connectivity index is 2.55. The molecular formula is C16H21F3O2. The summed E-state index contributed by atoms with van der Waals surface area (Å²) in [5.41, 5.74) is -0.623. The quantitative estimate of drug-likeness (QED) is 0.657. The van der Waals surface area contributed by atoms with Crippen LogP contribution in [0.4, 0.5) is 13.2 Å². The van der Waals surface area contributed by atoms with E-state index in [1.54, 1.807) is 0 Å². The Morgan fingerprint density at radius 1 is 1.19 bits per heavy atom. The number of hydrogen-bond acceptors (Lipinski definition) is 2. The molecule has 21 heavy (non-hydrogen) atoms. The van der Waals surface area contributed by atoms with Crippen molar-refractivity contribution in [3.8, 4) is 0 Å². The zero-order valence-corrected chi connectivity index (χ0v) is 12.4. The summed E-state index contributed by atoms with van der Waals surface area (Å²) >= 11 is 0. The minimum atomic E-state index is -4.39. The van der Waals surface area contributed by atoms with Gasteiger partial charge in [-0.3, -0.25) is 0 Å². The van der Waals surface area contributed by atoms with E-state index < -0.39 is 17.7 Å². The van der Waals surface area contributed by atoms with Crippen LogP contribution in [-0.2, 0) is 10.9 Å². The molecule has 118 valence electrons. The van der Waals surface area contributed by atoms with Gasteiger partial charge in [-0.05, 0) is 36.6 Å². The van der Waals surface area contributed by atoms with Crippen LogP contribution in [0.5, 0.6) is 0 Å². The molecule has 1 aromatic rings. The highest BCUT2D eigenvalue weighted by Crippen LogP contribution is 2.29. The zero-order valence-electron chi connectivity index (χ0n) is 12.4. The van der Waals surface area contributed by atoms with Crippen molar-refractivity contribution in [1.82, 2.24) is 0 Å². The molecular weight excluding hydrogens is 281 g/mol. The average Bonchev–Trinajstić information content (AvgIpc) is 2.46. The molecule has 2 nitrogen and oxygen atoms in total. The fraction of sp³-hybridized carbons (Fsp3) is 0.562. The van der Waals surface area contributed by atoms with Gasteiger partial charge in [0.05, 0.1) is 17.7 Å². The van der Waals surface area contributed by atoms with Gasteiger partial charge >= 0.3 is 12.1 Å². The van der Waals surface area contributed by atoms with E-state index in [0.717, 1.165) is 49.9 Å². The first kappa shape index (κ1) is 17.5. The molecule has 0 radical (unpaired) electrons. The lowest BCUT2D eigenvalue weighted by atomic mass is 10.0. The third-order valence-electron chi connectivity index (χ3n) is 3.44. The van der Waals surface area contributed by atoms with E-state index in [9.17, 15) is 18.0 Å². The van der Waals surface area contributed by atoms with Gasteiger partial charge in [-0.2, -0.15) is 13.2 Å². The Labute approximate surface area is 123 Å². The molecule has 0 N–H and O–H groups in total. The third kappa shape index (κ3) is 5.78. The van der Waals surface area contributed by atoms with Crippen LogP contribution in [0.25, 0.3) is 0 Å². The maximum absolute atomic E-state index is 12.4. The third-order valence-corrected chi connectivity index (χ3v) is 3.44. The van der Waals surface area contributed by atoms with Gasteiger partial charge in [-0.1, -0.05) is 33.1 Å². The van der Waals surface area contributed by atoms with Gasteiger partial charge < -0.3 is 4.74 Å². The second-order valence-corrected chi connectivity index (χ2v) is 5.09. The molecule has 0 spiro atoms. The summed E-state index contributed by atoms with van der Waals surface area (Å²) in [5.74, 6) is -0.262. The first-order valence-electron chi connectivity index (χ1n) is 7.22. The fourth-order valence-electron chi connectivity index (χ4n) is 1.97. The molecule has 0 aliphatic heterocycles. The smallest absolute Gasteiger partial charge is 0.416 e. The number of unbranched alkanes of at least 4 members (excludes halogenated alkanes) is 1. The second-order valence-electron chi connectivity index (χ2n) is 5.09. The predicted octanol–water partition coefficient (Wildman–Crippen LogP) is 5.08. The van der Waals surface area contributed by atoms with E-state index in [0.29, 0.717) is 12.5 Å². The number of esters is 1. The molecule has 1 atom stereocenters. The molecule has 0 amide bonds. The molecule has 0 saturated carbocycles. The molecule has 0 saturated heterocycles. The number of alkyl halides is 3. The van der Waals surface area contributed by atoms with Gasteiger partial charge in [0.1, 0.15) is 0 Å². The number of hydrogen-bond donors (Lipinski definition) is 0. The maximum atomic E-state index is 12.4. The highest BCUT2D eigenvalue weighted by molar-refractivity contribution is 5.89. The molecule has 1 rings (SSSR count). The minimum absolute atomic E-state index is 0.147. The van der Waals surface area contributed by atoms with Crippen LogP contribution in [-0.4, -0.2) is 12.6 Å². The summed E-state index contributed by atoms with van der Waals surface area (Å²) in [7, 11) is 0.